The van der Waals surface area contributed by atoms with E-state index in [1.165, 1.54) is 218 Å². The molecule has 6 heteroatoms. The van der Waals surface area contributed by atoms with Crippen LogP contribution in [0.3, 0.4) is 0 Å². The lowest BCUT2D eigenvalue weighted by atomic mass is 10.0. The fraction of sp³-hybridized carbons (Fsp3) is 0.789. The minimum absolute atomic E-state index is 0.0941. The summed E-state index contributed by atoms with van der Waals surface area (Å²) in [6.45, 7) is 6.51. The molecule has 0 N–H and O–H groups in total. The van der Waals surface area contributed by atoms with E-state index in [4.69, 9.17) is 14.2 Å². The highest BCUT2D eigenvalue weighted by Crippen LogP contribution is 2.17. The van der Waals surface area contributed by atoms with E-state index in [1.54, 1.807) is 0 Å². The van der Waals surface area contributed by atoms with Crippen molar-refractivity contribution >= 4 is 17.9 Å². The van der Waals surface area contributed by atoms with Crippen LogP contribution >= 0.6 is 0 Å². The fourth-order valence-electron chi connectivity index (χ4n) is 9.71. The summed E-state index contributed by atoms with van der Waals surface area (Å²) in [7, 11) is 0. The average Bonchev–Trinajstić information content (AvgIpc) is 3.43. The van der Waals surface area contributed by atoms with Crippen molar-refractivity contribution in [2.24, 2.45) is 0 Å². The molecule has 1 unspecified atom stereocenters. The van der Waals surface area contributed by atoms with Crippen molar-refractivity contribution in [1.82, 2.24) is 0 Å². The molecule has 0 aromatic rings. The summed E-state index contributed by atoms with van der Waals surface area (Å²) in [5.74, 6) is -0.938. The molecule has 446 valence electrons. The zero-order valence-electron chi connectivity index (χ0n) is 51.2. The Balaban J connectivity index is 4.17. The van der Waals surface area contributed by atoms with Crippen molar-refractivity contribution < 1.29 is 28.6 Å². The molecular weight excluding hydrogens is 949 g/mol. The van der Waals surface area contributed by atoms with Gasteiger partial charge in [0.2, 0.25) is 0 Å². The minimum Gasteiger partial charge on any atom is -0.462 e. The van der Waals surface area contributed by atoms with E-state index in [1.807, 2.05) is 0 Å². The third-order valence-corrected chi connectivity index (χ3v) is 14.7. The van der Waals surface area contributed by atoms with E-state index in [2.05, 4.69) is 93.7 Å². The van der Waals surface area contributed by atoms with Crippen molar-refractivity contribution in [3.63, 3.8) is 0 Å². The lowest BCUT2D eigenvalue weighted by molar-refractivity contribution is -0.167. The van der Waals surface area contributed by atoms with Crippen LogP contribution in [0.1, 0.15) is 342 Å². The van der Waals surface area contributed by atoms with Gasteiger partial charge in [-0.05, 0) is 83.5 Å². The maximum Gasteiger partial charge on any atom is 0.306 e. The van der Waals surface area contributed by atoms with Crippen LogP contribution in [0.15, 0.2) is 72.9 Å². The summed E-state index contributed by atoms with van der Waals surface area (Å²) in [5.41, 5.74) is 0. The number of hydrogen-bond acceptors (Lipinski definition) is 6. The summed E-state index contributed by atoms with van der Waals surface area (Å²) < 4.78 is 16.9. The van der Waals surface area contributed by atoms with E-state index in [-0.39, 0.29) is 37.5 Å². The monoisotopic (exact) mass is 1070 g/mol. The summed E-state index contributed by atoms with van der Waals surface area (Å²) >= 11 is 0. The van der Waals surface area contributed by atoms with E-state index < -0.39 is 6.10 Å². The molecule has 0 saturated heterocycles. The molecule has 0 radical (unpaired) electrons. The highest BCUT2D eigenvalue weighted by Gasteiger charge is 2.19. The zero-order chi connectivity index (χ0) is 55.7. The highest BCUT2D eigenvalue weighted by atomic mass is 16.6. The van der Waals surface area contributed by atoms with Crippen molar-refractivity contribution in [3.8, 4) is 0 Å². The number of rotatable bonds is 61. The van der Waals surface area contributed by atoms with Gasteiger partial charge in [-0.3, -0.25) is 14.4 Å². The number of hydrogen-bond donors (Lipinski definition) is 0. The van der Waals surface area contributed by atoms with Crippen LogP contribution in [-0.2, 0) is 28.6 Å². The average molecular weight is 1080 g/mol. The Bertz CT molecular complexity index is 1420. The molecule has 1 atom stereocenters. The van der Waals surface area contributed by atoms with Crippen molar-refractivity contribution in [1.29, 1.82) is 0 Å². The molecule has 77 heavy (non-hydrogen) atoms. The van der Waals surface area contributed by atoms with E-state index >= 15 is 0 Å². The number of esters is 3. The Kier molecular flexibility index (Phi) is 62.7. The number of allylic oxidation sites excluding steroid dienone is 12. The van der Waals surface area contributed by atoms with Gasteiger partial charge in [0, 0.05) is 19.3 Å². The summed E-state index contributed by atoms with van der Waals surface area (Å²) in [4.78, 5) is 38.2. The molecule has 0 saturated carbocycles. The molecule has 0 fully saturated rings. The third-order valence-electron chi connectivity index (χ3n) is 14.7. The van der Waals surface area contributed by atoms with Crippen LogP contribution in [0.2, 0.25) is 0 Å². The highest BCUT2D eigenvalue weighted by molar-refractivity contribution is 5.71. The normalized spacial score (nSPS) is 12.5. The third kappa shape index (κ3) is 63.6. The first-order valence-corrected chi connectivity index (χ1v) is 33.4. The number of unbranched alkanes of at least 4 members (excludes halogenated alkanes) is 38. The van der Waals surface area contributed by atoms with Crippen molar-refractivity contribution in [2.45, 2.75) is 348 Å². The zero-order valence-corrected chi connectivity index (χ0v) is 51.2. The standard InChI is InChI=1S/C71H126O6/c1-4-7-10-13-16-19-22-24-26-28-29-30-31-32-33-34-35-36-37-38-39-40-41-43-44-46-49-52-55-58-61-64-70(73)76-67-68(66-75-69(72)63-60-57-54-51-48-21-18-15-12-9-6-3)77-71(74)65-62-59-56-53-50-47-45-42-27-25-23-20-17-14-11-8-5-2/h8,11,17,20,25,27-29,45,47,53,56,68H,4-7,9-10,12-16,18-19,21-24,26,30-44,46,48-52,54-55,57-67H2,1-3H3/b11-8-,20-17-,27-25-,29-28-,47-45-,56-53-. The predicted molar refractivity (Wildman–Crippen MR) is 335 cm³/mol. The Morgan fingerprint density at radius 2 is 0.519 bits per heavy atom. The lowest BCUT2D eigenvalue weighted by Crippen LogP contribution is -2.30. The Morgan fingerprint density at radius 1 is 0.273 bits per heavy atom. The maximum absolute atomic E-state index is 12.9. The molecule has 0 bridgehead atoms. The largest absolute Gasteiger partial charge is 0.462 e. The number of carbonyl (C=O) groups is 3. The number of carbonyl (C=O) groups excluding carboxylic acids is 3. The first-order chi connectivity index (χ1) is 38.0. The van der Waals surface area contributed by atoms with Gasteiger partial charge >= 0.3 is 17.9 Å². The Labute approximate surface area is 478 Å². The predicted octanol–water partition coefficient (Wildman–Crippen LogP) is 22.9. The van der Waals surface area contributed by atoms with Crippen LogP contribution < -0.4 is 0 Å². The molecule has 0 spiro atoms. The maximum atomic E-state index is 12.9. The van der Waals surface area contributed by atoms with Gasteiger partial charge in [-0.1, -0.05) is 312 Å². The molecule has 0 aliphatic carbocycles. The molecule has 0 aliphatic heterocycles. The molecule has 0 aromatic carbocycles. The minimum atomic E-state index is -0.803. The van der Waals surface area contributed by atoms with E-state index in [0.717, 1.165) is 77.0 Å². The van der Waals surface area contributed by atoms with Gasteiger partial charge in [0.25, 0.3) is 0 Å². The van der Waals surface area contributed by atoms with E-state index in [0.29, 0.717) is 19.3 Å². The summed E-state index contributed by atoms with van der Waals surface area (Å²) in [6, 6.07) is 0. The summed E-state index contributed by atoms with van der Waals surface area (Å²) in [5, 5.41) is 0. The first-order valence-electron chi connectivity index (χ1n) is 33.4. The van der Waals surface area contributed by atoms with E-state index in [9.17, 15) is 14.4 Å². The van der Waals surface area contributed by atoms with Gasteiger partial charge < -0.3 is 14.2 Å². The fourth-order valence-corrected chi connectivity index (χ4v) is 9.71. The molecule has 0 aliphatic rings. The van der Waals surface area contributed by atoms with Gasteiger partial charge in [-0.2, -0.15) is 0 Å². The van der Waals surface area contributed by atoms with Gasteiger partial charge in [-0.25, -0.2) is 0 Å². The van der Waals surface area contributed by atoms with Crippen LogP contribution in [0.4, 0.5) is 0 Å². The smallest absolute Gasteiger partial charge is 0.306 e. The van der Waals surface area contributed by atoms with Gasteiger partial charge in [-0.15, -0.1) is 0 Å². The Morgan fingerprint density at radius 3 is 0.844 bits per heavy atom. The molecule has 0 rings (SSSR count). The van der Waals surface area contributed by atoms with Crippen LogP contribution in [-0.4, -0.2) is 37.2 Å². The second-order valence-corrected chi connectivity index (χ2v) is 22.4. The molecule has 6 nitrogen and oxygen atoms in total. The molecule has 0 amide bonds. The number of ether oxygens (including phenoxy) is 3. The van der Waals surface area contributed by atoms with Crippen molar-refractivity contribution in [2.75, 3.05) is 13.2 Å². The van der Waals surface area contributed by atoms with Crippen LogP contribution in [0.5, 0.6) is 0 Å². The quantitative estimate of drug-likeness (QED) is 0.0261. The topological polar surface area (TPSA) is 78.9 Å². The van der Waals surface area contributed by atoms with Gasteiger partial charge in [0.1, 0.15) is 13.2 Å². The Hall–Kier alpha value is -3.15. The summed E-state index contributed by atoms with van der Waals surface area (Å²) in [6.07, 6.45) is 85.2. The molecule has 0 heterocycles. The lowest BCUT2D eigenvalue weighted by Gasteiger charge is -2.18. The van der Waals surface area contributed by atoms with Crippen molar-refractivity contribution in [3.05, 3.63) is 72.9 Å². The van der Waals surface area contributed by atoms with Crippen LogP contribution in [0.25, 0.3) is 0 Å². The SMILES string of the molecule is CC/C=C\C/C=C\C/C=C\C/C=C\C/C=C\CCCC(=O)OC(COC(=O)CCCCCCCCCCCCC)COC(=O)CCCCCCCCCCCCCCCCCCCCC/C=C\CCCCCCCCCC. The van der Waals surface area contributed by atoms with Crippen LogP contribution in [0, 0.1) is 0 Å². The first kappa shape index (κ1) is 73.8. The molecular formula is C71H126O6. The van der Waals surface area contributed by atoms with Gasteiger partial charge in [0.15, 0.2) is 6.10 Å². The van der Waals surface area contributed by atoms with Gasteiger partial charge in [0.05, 0.1) is 0 Å². The molecule has 0 aromatic heterocycles. The second kappa shape index (κ2) is 65.4. The second-order valence-electron chi connectivity index (χ2n) is 22.4.